The molecule has 0 spiro atoms. The van der Waals surface area contributed by atoms with Crippen molar-refractivity contribution in [1.82, 2.24) is 25.2 Å². The molecule has 0 aliphatic carbocycles. The van der Waals surface area contributed by atoms with Gasteiger partial charge in [0.15, 0.2) is 5.82 Å². The van der Waals surface area contributed by atoms with Crippen LogP contribution < -0.4 is 10.2 Å². The van der Waals surface area contributed by atoms with Gasteiger partial charge < -0.3 is 15.1 Å². The van der Waals surface area contributed by atoms with E-state index >= 15 is 0 Å². The molecule has 1 aromatic heterocycles. The summed E-state index contributed by atoms with van der Waals surface area (Å²) >= 11 is 0. The van der Waals surface area contributed by atoms with Crippen LogP contribution in [0.1, 0.15) is 48.9 Å². The molecule has 196 valence electrons. The standard InChI is InChI=1S/C27H32F2N6O2/c1-17(2)21-11-10-19(12-22(21)29)26(18-8-6-5-7-9-18)30-27(37)23-13-20(28)14-35(23)25(36)16-34-15-24(31-32-34)33(3)4/h5-12,15,17,20,23,26H,13-14,16H2,1-4H3,(H,30,37). The number of benzene rings is 2. The summed E-state index contributed by atoms with van der Waals surface area (Å²) in [4.78, 5) is 29.5. The average Bonchev–Trinajstić information content (AvgIpc) is 3.49. The van der Waals surface area contributed by atoms with Gasteiger partial charge in [-0.2, -0.15) is 0 Å². The number of amides is 2. The Morgan fingerprint density at radius 2 is 1.86 bits per heavy atom. The molecule has 1 N–H and O–H groups in total. The van der Waals surface area contributed by atoms with Gasteiger partial charge in [0.1, 0.15) is 24.6 Å². The second-order valence-corrected chi connectivity index (χ2v) is 9.85. The van der Waals surface area contributed by atoms with Crippen molar-refractivity contribution in [2.24, 2.45) is 0 Å². The number of alkyl halides is 1. The van der Waals surface area contributed by atoms with Crippen molar-refractivity contribution in [2.75, 3.05) is 25.5 Å². The van der Waals surface area contributed by atoms with Gasteiger partial charge in [0.2, 0.25) is 11.8 Å². The molecule has 0 bridgehead atoms. The van der Waals surface area contributed by atoms with Crippen LogP contribution in [0.25, 0.3) is 0 Å². The molecule has 2 aromatic carbocycles. The van der Waals surface area contributed by atoms with Crippen LogP contribution in [0.2, 0.25) is 0 Å². The molecule has 3 atom stereocenters. The number of hydrogen-bond donors (Lipinski definition) is 1. The molecule has 2 heterocycles. The number of hydrogen-bond acceptors (Lipinski definition) is 5. The molecule has 1 aliphatic rings. The quantitative estimate of drug-likeness (QED) is 0.502. The predicted octanol–water partition coefficient (Wildman–Crippen LogP) is 3.45. The third kappa shape index (κ3) is 5.95. The molecular weight excluding hydrogens is 478 g/mol. The number of carbonyl (C=O) groups is 2. The maximum absolute atomic E-state index is 14.9. The van der Waals surface area contributed by atoms with Gasteiger partial charge in [-0.25, -0.2) is 13.5 Å². The Hall–Kier alpha value is -3.82. The normalized spacial score (nSPS) is 18.2. The van der Waals surface area contributed by atoms with Crippen molar-refractivity contribution in [3.8, 4) is 0 Å². The molecule has 3 unspecified atom stereocenters. The lowest BCUT2D eigenvalue weighted by atomic mass is 9.94. The second kappa shape index (κ2) is 11.1. The summed E-state index contributed by atoms with van der Waals surface area (Å²) in [5, 5.41) is 10.9. The number of carbonyl (C=O) groups excluding carboxylic acids is 2. The van der Waals surface area contributed by atoms with Gasteiger partial charge in [-0.05, 0) is 28.7 Å². The molecule has 8 nitrogen and oxygen atoms in total. The Labute approximate surface area is 215 Å². The highest BCUT2D eigenvalue weighted by molar-refractivity contribution is 5.89. The molecule has 0 saturated carbocycles. The average molecular weight is 511 g/mol. The van der Waals surface area contributed by atoms with Gasteiger partial charge in [-0.3, -0.25) is 9.59 Å². The van der Waals surface area contributed by atoms with Crippen LogP contribution in [0.4, 0.5) is 14.6 Å². The molecular formula is C27H32F2N6O2. The summed E-state index contributed by atoms with van der Waals surface area (Å²) < 4.78 is 30.7. The van der Waals surface area contributed by atoms with Crippen LogP contribution in [0.15, 0.2) is 54.7 Å². The molecule has 37 heavy (non-hydrogen) atoms. The highest BCUT2D eigenvalue weighted by Gasteiger charge is 2.40. The van der Waals surface area contributed by atoms with Gasteiger partial charge in [0.25, 0.3) is 0 Å². The first-order chi connectivity index (χ1) is 17.6. The monoisotopic (exact) mass is 510 g/mol. The van der Waals surface area contributed by atoms with Gasteiger partial charge >= 0.3 is 0 Å². The smallest absolute Gasteiger partial charge is 0.245 e. The summed E-state index contributed by atoms with van der Waals surface area (Å²) in [6.07, 6.45) is 0.169. The van der Waals surface area contributed by atoms with E-state index in [-0.39, 0.29) is 31.2 Å². The summed E-state index contributed by atoms with van der Waals surface area (Å²) in [5.41, 5.74) is 1.90. The zero-order valence-electron chi connectivity index (χ0n) is 21.4. The van der Waals surface area contributed by atoms with Crippen molar-refractivity contribution < 1.29 is 18.4 Å². The second-order valence-electron chi connectivity index (χ2n) is 9.85. The highest BCUT2D eigenvalue weighted by atomic mass is 19.1. The summed E-state index contributed by atoms with van der Waals surface area (Å²) in [5.74, 6) is -0.693. The van der Waals surface area contributed by atoms with Crippen LogP contribution in [0.3, 0.4) is 0 Å². The van der Waals surface area contributed by atoms with Gasteiger partial charge in [0, 0.05) is 20.5 Å². The largest absolute Gasteiger partial charge is 0.360 e. The van der Waals surface area contributed by atoms with Crippen LogP contribution in [0.5, 0.6) is 0 Å². The first-order valence-electron chi connectivity index (χ1n) is 12.3. The number of aromatic nitrogens is 3. The molecule has 0 radical (unpaired) electrons. The number of likely N-dealkylation sites (tertiary alicyclic amines) is 1. The van der Waals surface area contributed by atoms with Gasteiger partial charge in [-0.1, -0.05) is 61.5 Å². The zero-order valence-corrected chi connectivity index (χ0v) is 21.4. The first-order valence-corrected chi connectivity index (χ1v) is 12.3. The Balaban J connectivity index is 1.56. The Morgan fingerprint density at radius 1 is 1.14 bits per heavy atom. The SMILES string of the molecule is CC(C)c1ccc(C(NC(=O)C2CC(F)CN2C(=O)Cn2cc(N(C)C)nn2)c2ccccc2)cc1F. The fourth-order valence-electron chi connectivity index (χ4n) is 4.54. The maximum atomic E-state index is 14.9. The number of anilines is 1. The number of nitrogens with one attached hydrogen (secondary N) is 1. The lowest BCUT2D eigenvalue weighted by Crippen LogP contribution is -2.48. The van der Waals surface area contributed by atoms with E-state index in [1.165, 1.54) is 15.6 Å². The van der Waals surface area contributed by atoms with Crippen molar-refractivity contribution in [2.45, 2.75) is 51.0 Å². The first kappa shape index (κ1) is 26.2. The van der Waals surface area contributed by atoms with Crippen molar-refractivity contribution in [3.63, 3.8) is 0 Å². The minimum atomic E-state index is -1.33. The van der Waals surface area contributed by atoms with E-state index in [2.05, 4.69) is 15.6 Å². The third-order valence-electron chi connectivity index (χ3n) is 6.55. The molecule has 4 rings (SSSR count). The Kier molecular flexibility index (Phi) is 7.85. The van der Waals surface area contributed by atoms with E-state index in [1.54, 1.807) is 37.3 Å². The Morgan fingerprint density at radius 3 is 2.49 bits per heavy atom. The summed E-state index contributed by atoms with van der Waals surface area (Å²) in [6, 6.07) is 12.5. The number of nitrogens with zero attached hydrogens (tertiary/aromatic N) is 5. The molecule has 10 heteroatoms. The third-order valence-corrected chi connectivity index (χ3v) is 6.55. The van der Waals surface area contributed by atoms with E-state index in [9.17, 15) is 18.4 Å². The molecule has 1 saturated heterocycles. The minimum absolute atomic E-state index is 0.0113. The maximum Gasteiger partial charge on any atom is 0.245 e. The molecule has 3 aromatic rings. The van der Waals surface area contributed by atoms with E-state index in [1.807, 2.05) is 44.2 Å². The van der Waals surface area contributed by atoms with Gasteiger partial charge in [0.05, 0.1) is 18.8 Å². The van der Waals surface area contributed by atoms with Crippen molar-refractivity contribution in [3.05, 3.63) is 77.2 Å². The van der Waals surface area contributed by atoms with Crippen LogP contribution in [-0.2, 0) is 16.1 Å². The van der Waals surface area contributed by atoms with Crippen LogP contribution >= 0.6 is 0 Å². The lowest BCUT2D eigenvalue weighted by Gasteiger charge is -2.27. The van der Waals surface area contributed by atoms with E-state index in [0.29, 0.717) is 16.9 Å². The van der Waals surface area contributed by atoms with E-state index in [0.717, 1.165) is 5.56 Å². The van der Waals surface area contributed by atoms with Crippen LogP contribution in [-0.4, -0.2) is 64.6 Å². The van der Waals surface area contributed by atoms with Crippen LogP contribution in [0, 0.1) is 5.82 Å². The molecule has 2 amide bonds. The van der Waals surface area contributed by atoms with Gasteiger partial charge in [-0.15, -0.1) is 5.10 Å². The Bertz CT molecular complexity index is 1250. The van der Waals surface area contributed by atoms with E-state index < -0.39 is 30.1 Å². The fraction of sp³-hybridized carbons (Fsp3) is 0.407. The lowest BCUT2D eigenvalue weighted by molar-refractivity contribution is -0.139. The predicted molar refractivity (Wildman–Crippen MR) is 136 cm³/mol. The fourth-order valence-corrected chi connectivity index (χ4v) is 4.54. The number of rotatable bonds is 8. The van der Waals surface area contributed by atoms with Crippen molar-refractivity contribution >= 4 is 17.6 Å². The highest BCUT2D eigenvalue weighted by Crippen LogP contribution is 2.28. The van der Waals surface area contributed by atoms with Crippen molar-refractivity contribution in [1.29, 1.82) is 0 Å². The molecule has 1 fully saturated rings. The minimum Gasteiger partial charge on any atom is -0.360 e. The number of halogens is 2. The summed E-state index contributed by atoms with van der Waals surface area (Å²) in [6.45, 7) is 3.48. The summed E-state index contributed by atoms with van der Waals surface area (Å²) in [7, 11) is 3.60. The topological polar surface area (TPSA) is 83.4 Å². The zero-order chi connectivity index (χ0) is 26.7. The van der Waals surface area contributed by atoms with E-state index in [4.69, 9.17) is 0 Å². The molecule has 1 aliphatic heterocycles.